The van der Waals surface area contributed by atoms with Gasteiger partial charge in [0.2, 0.25) is 0 Å². The third-order valence-corrected chi connectivity index (χ3v) is 3.18. The van der Waals surface area contributed by atoms with Crippen molar-refractivity contribution in [1.29, 1.82) is 5.26 Å². The maximum Gasteiger partial charge on any atom is 0.180 e. The van der Waals surface area contributed by atoms with Crippen molar-refractivity contribution in [2.45, 2.75) is 25.9 Å². The maximum atomic E-state index is 9.15. The molecule has 1 aliphatic carbocycles. The zero-order valence-corrected chi connectivity index (χ0v) is 9.85. The Morgan fingerprint density at radius 3 is 3.11 bits per heavy atom. The van der Waals surface area contributed by atoms with Crippen LogP contribution in [0.25, 0.3) is 0 Å². The molecule has 2 aromatic rings. The number of fused-ring (bicyclic) bond motifs is 1. The zero-order valence-electron chi connectivity index (χ0n) is 9.85. The number of aryl methyl sites for hydroxylation is 1. The summed E-state index contributed by atoms with van der Waals surface area (Å²) >= 11 is 0. The molecule has 0 saturated carbocycles. The Bertz CT molecular complexity index is 597. The predicted octanol–water partition coefficient (Wildman–Crippen LogP) is 2.61. The monoisotopic (exact) mass is 240 g/mol. The molecule has 3 rings (SSSR count). The Hall–Kier alpha value is -2.28. The predicted molar refractivity (Wildman–Crippen MR) is 64.0 cm³/mol. The van der Waals surface area contributed by atoms with Gasteiger partial charge in [-0.25, -0.2) is 4.98 Å². The van der Waals surface area contributed by atoms with Gasteiger partial charge in [0, 0.05) is 0 Å². The number of ether oxygens (including phenoxy) is 1. The quantitative estimate of drug-likeness (QED) is 0.827. The van der Waals surface area contributed by atoms with E-state index in [1.54, 1.807) is 6.26 Å². The van der Waals surface area contributed by atoms with E-state index in [1.165, 1.54) is 17.5 Å². The van der Waals surface area contributed by atoms with Crippen molar-refractivity contribution in [3.05, 3.63) is 47.2 Å². The molecule has 0 saturated heterocycles. The van der Waals surface area contributed by atoms with Gasteiger partial charge in [0.05, 0.1) is 11.6 Å². The molecule has 0 N–H and O–H groups in total. The molecule has 0 amide bonds. The molecule has 0 radical (unpaired) electrons. The lowest BCUT2D eigenvalue weighted by Gasteiger charge is -2.08. The van der Waals surface area contributed by atoms with Crippen molar-refractivity contribution in [2.24, 2.45) is 0 Å². The van der Waals surface area contributed by atoms with E-state index in [1.807, 2.05) is 12.1 Å². The van der Waals surface area contributed by atoms with Crippen LogP contribution >= 0.6 is 0 Å². The summed E-state index contributed by atoms with van der Waals surface area (Å²) in [6.45, 7) is 0.361. The normalized spacial score (nSPS) is 13.1. The van der Waals surface area contributed by atoms with Crippen LogP contribution in [0.2, 0.25) is 0 Å². The van der Waals surface area contributed by atoms with Gasteiger partial charge in [-0.05, 0) is 42.5 Å². The van der Waals surface area contributed by atoms with E-state index in [-0.39, 0.29) is 0 Å². The Morgan fingerprint density at radius 2 is 2.33 bits per heavy atom. The average molecular weight is 240 g/mol. The van der Waals surface area contributed by atoms with Crippen LogP contribution in [0.3, 0.4) is 0 Å². The van der Waals surface area contributed by atoms with Crippen molar-refractivity contribution in [3.63, 3.8) is 0 Å². The van der Waals surface area contributed by atoms with Crippen molar-refractivity contribution < 1.29 is 9.15 Å². The number of oxazole rings is 1. The second-order valence-corrected chi connectivity index (χ2v) is 4.34. The number of aromatic nitrogens is 1. The molecule has 0 bridgehead atoms. The number of rotatable bonds is 3. The molecule has 0 spiro atoms. The number of benzene rings is 1. The molecular weight excluding hydrogens is 228 g/mol. The van der Waals surface area contributed by atoms with Crippen molar-refractivity contribution in [3.8, 4) is 11.8 Å². The smallest absolute Gasteiger partial charge is 0.180 e. The van der Waals surface area contributed by atoms with E-state index in [0.717, 1.165) is 36.3 Å². The van der Waals surface area contributed by atoms with Crippen LogP contribution < -0.4 is 4.74 Å². The summed E-state index contributed by atoms with van der Waals surface area (Å²) in [7, 11) is 0. The summed E-state index contributed by atoms with van der Waals surface area (Å²) in [5.41, 5.74) is 3.91. The molecule has 0 fully saturated rings. The number of hydrogen-bond donors (Lipinski definition) is 0. The fraction of sp³-hybridized carbons (Fsp3) is 0.286. The highest BCUT2D eigenvalue weighted by atomic mass is 16.5. The lowest BCUT2D eigenvalue weighted by atomic mass is 10.0. The van der Waals surface area contributed by atoms with E-state index in [4.69, 9.17) is 14.4 Å². The maximum absolute atomic E-state index is 9.15. The highest BCUT2D eigenvalue weighted by Gasteiger charge is 2.16. The van der Waals surface area contributed by atoms with E-state index in [9.17, 15) is 0 Å². The van der Waals surface area contributed by atoms with E-state index < -0.39 is 0 Å². The Morgan fingerprint density at radius 1 is 1.39 bits per heavy atom. The number of hydrogen-bond acceptors (Lipinski definition) is 4. The first-order chi connectivity index (χ1) is 8.86. The number of nitriles is 1. The van der Waals surface area contributed by atoms with Crippen LogP contribution in [0.5, 0.6) is 5.75 Å². The SMILES string of the molecule is N#Cc1cc(OCc2cocn2)cc2c1CCC2. The molecule has 1 heterocycles. The van der Waals surface area contributed by atoms with Gasteiger partial charge in [-0.1, -0.05) is 0 Å². The van der Waals surface area contributed by atoms with Gasteiger partial charge in [0.1, 0.15) is 24.3 Å². The van der Waals surface area contributed by atoms with Crippen LogP contribution in [-0.2, 0) is 19.4 Å². The van der Waals surface area contributed by atoms with Gasteiger partial charge in [-0.2, -0.15) is 5.26 Å². The molecule has 1 aromatic carbocycles. The molecule has 0 atom stereocenters. The molecular formula is C14H12N2O2. The van der Waals surface area contributed by atoms with Crippen LogP contribution in [0.15, 0.2) is 29.2 Å². The van der Waals surface area contributed by atoms with Crippen LogP contribution in [0.4, 0.5) is 0 Å². The van der Waals surface area contributed by atoms with Gasteiger partial charge in [0.25, 0.3) is 0 Å². The molecule has 4 nitrogen and oxygen atoms in total. The van der Waals surface area contributed by atoms with Crippen LogP contribution in [0.1, 0.15) is 28.8 Å². The van der Waals surface area contributed by atoms with Crippen molar-refractivity contribution in [1.82, 2.24) is 4.98 Å². The third-order valence-electron chi connectivity index (χ3n) is 3.18. The fourth-order valence-electron chi connectivity index (χ4n) is 2.33. The summed E-state index contributed by atoms with van der Waals surface area (Å²) in [5, 5.41) is 9.15. The lowest BCUT2D eigenvalue weighted by molar-refractivity contribution is 0.300. The second kappa shape index (κ2) is 4.53. The first-order valence-corrected chi connectivity index (χ1v) is 5.92. The first-order valence-electron chi connectivity index (χ1n) is 5.92. The molecule has 0 unspecified atom stereocenters. The summed E-state index contributed by atoms with van der Waals surface area (Å²) in [5.74, 6) is 0.732. The Labute approximate surface area is 105 Å². The molecule has 18 heavy (non-hydrogen) atoms. The Kier molecular flexibility index (Phi) is 2.73. The Balaban J connectivity index is 1.83. The van der Waals surface area contributed by atoms with Gasteiger partial charge >= 0.3 is 0 Å². The zero-order chi connectivity index (χ0) is 12.4. The summed E-state index contributed by atoms with van der Waals surface area (Å²) in [6, 6.07) is 6.09. The summed E-state index contributed by atoms with van der Waals surface area (Å²) < 4.78 is 10.5. The van der Waals surface area contributed by atoms with E-state index in [0.29, 0.717) is 6.61 Å². The van der Waals surface area contributed by atoms with Gasteiger partial charge < -0.3 is 9.15 Å². The largest absolute Gasteiger partial charge is 0.487 e. The minimum atomic E-state index is 0.361. The molecule has 90 valence electrons. The standard InChI is InChI=1S/C14H12N2O2/c15-6-11-5-13(4-10-2-1-3-14(10)11)18-8-12-7-17-9-16-12/h4-5,7,9H,1-3,8H2. The van der Waals surface area contributed by atoms with Gasteiger partial charge in [-0.15, -0.1) is 0 Å². The van der Waals surface area contributed by atoms with Gasteiger partial charge in [0.15, 0.2) is 6.39 Å². The highest BCUT2D eigenvalue weighted by Crippen LogP contribution is 2.30. The molecule has 1 aliphatic rings. The van der Waals surface area contributed by atoms with Crippen molar-refractivity contribution in [2.75, 3.05) is 0 Å². The lowest BCUT2D eigenvalue weighted by Crippen LogP contribution is -1.98. The average Bonchev–Trinajstić information content (AvgIpc) is 3.06. The molecule has 1 aromatic heterocycles. The molecule has 4 heteroatoms. The minimum Gasteiger partial charge on any atom is -0.487 e. The molecule has 0 aliphatic heterocycles. The highest BCUT2D eigenvalue weighted by molar-refractivity contribution is 5.50. The fourth-order valence-corrected chi connectivity index (χ4v) is 2.33. The topological polar surface area (TPSA) is 59.0 Å². The van der Waals surface area contributed by atoms with Crippen molar-refractivity contribution >= 4 is 0 Å². The first kappa shape index (κ1) is 10.8. The third kappa shape index (κ3) is 1.95. The van der Waals surface area contributed by atoms with Crippen LogP contribution in [0, 0.1) is 11.3 Å². The second-order valence-electron chi connectivity index (χ2n) is 4.34. The van der Waals surface area contributed by atoms with E-state index in [2.05, 4.69) is 11.1 Å². The number of nitrogens with zero attached hydrogens (tertiary/aromatic N) is 2. The van der Waals surface area contributed by atoms with E-state index >= 15 is 0 Å². The summed E-state index contributed by atoms with van der Waals surface area (Å²) in [6.07, 6.45) is 6.09. The minimum absolute atomic E-state index is 0.361. The summed E-state index contributed by atoms with van der Waals surface area (Å²) in [4.78, 5) is 3.99. The van der Waals surface area contributed by atoms with Crippen LogP contribution in [-0.4, -0.2) is 4.98 Å². The van der Waals surface area contributed by atoms with Gasteiger partial charge in [-0.3, -0.25) is 0 Å².